The molecule has 0 saturated heterocycles. The number of hydrogen-bond donors (Lipinski definition) is 1. The van der Waals surface area contributed by atoms with Gasteiger partial charge in [0.1, 0.15) is 11.4 Å². The average molecular weight is 331 g/mol. The molecule has 0 radical (unpaired) electrons. The van der Waals surface area contributed by atoms with Gasteiger partial charge in [-0.3, -0.25) is 0 Å². The predicted molar refractivity (Wildman–Crippen MR) is 88.2 cm³/mol. The zero-order chi connectivity index (χ0) is 17.9. The van der Waals surface area contributed by atoms with Crippen molar-refractivity contribution in [2.45, 2.75) is 26.4 Å². The first-order valence-corrected chi connectivity index (χ1v) is 7.30. The summed E-state index contributed by atoms with van der Waals surface area (Å²) in [4.78, 5) is 25.2. The normalized spacial score (nSPS) is 11.0. The van der Waals surface area contributed by atoms with Crippen molar-refractivity contribution >= 4 is 23.4 Å². The molecule has 24 heavy (non-hydrogen) atoms. The van der Waals surface area contributed by atoms with Crippen LogP contribution < -0.4 is 4.90 Å². The first-order valence-electron chi connectivity index (χ1n) is 7.30. The number of benzene rings is 2. The number of carbonyl (C=O) groups is 2. The number of para-hydroxylation sites is 1. The van der Waals surface area contributed by atoms with Gasteiger partial charge >= 0.3 is 12.1 Å². The highest BCUT2D eigenvalue weighted by Gasteiger charge is 2.27. The van der Waals surface area contributed by atoms with Gasteiger partial charge in [-0.2, -0.15) is 0 Å². The van der Waals surface area contributed by atoms with E-state index >= 15 is 0 Å². The first-order chi connectivity index (χ1) is 11.2. The van der Waals surface area contributed by atoms with Crippen LogP contribution in [-0.4, -0.2) is 22.8 Å². The van der Waals surface area contributed by atoms with Gasteiger partial charge in [-0.1, -0.05) is 12.1 Å². The van der Waals surface area contributed by atoms with E-state index in [0.29, 0.717) is 5.69 Å². The summed E-state index contributed by atoms with van der Waals surface area (Å²) in [6.07, 6.45) is -0.747. The molecule has 0 aliphatic carbocycles. The Kier molecular flexibility index (Phi) is 4.87. The van der Waals surface area contributed by atoms with Crippen molar-refractivity contribution in [1.82, 2.24) is 0 Å². The Morgan fingerprint density at radius 3 is 2.17 bits per heavy atom. The Morgan fingerprint density at radius 2 is 1.62 bits per heavy atom. The second kappa shape index (κ2) is 6.70. The van der Waals surface area contributed by atoms with Crippen molar-refractivity contribution in [2.24, 2.45) is 0 Å². The fourth-order valence-electron chi connectivity index (χ4n) is 2.09. The van der Waals surface area contributed by atoms with Crippen molar-refractivity contribution < 1.29 is 23.8 Å². The summed E-state index contributed by atoms with van der Waals surface area (Å²) in [5, 5.41) is 9.38. The van der Waals surface area contributed by atoms with Crippen LogP contribution in [0.1, 0.15) is 31.1 Å². The summed E-state index contributed by atoms with van der Waals surface area (Å²) in [6, 6.07) is 11.2. The minimum absolute atomic E-state index is 0.0623. The Labute approximate surface area is 139 Å². The molecule has 0 aliphatic heterocycles. The SMILES string of the molecule is CC(C)(C)OC(=O)N(c1ccc(F)cc1)c1ccccc1C(=O)O. The van der Waals surface area contributed by atoms with Crippen LogP contribution in [0, 0.1) is 5.82 Å². The van der Waals surface area contributed by atoms with Gasteiger partial charge in [0.2, 0.25) is 0 Å². The predicted octanol–water partition coefficient (Wildman–Crippen LogP) is 4.60. The van der Waals surface area contributed by atoms with Crippen LogP contribution in [0.2, 0.25) is 0 Å². The average Bonchev–Trinajstić information content (AvgIpc) is 2.48. The maximum Gasteiger partial charge on any atom is 0.419 e. The molecule has 2 aromatic carbocycles. The Morgan fingerprint density at radius 1 is 1.04 bits per heavy atom. The molecule has 1 N–H and O–H groups in total. The summed E-state index contributed by atoms with van der Waals surface area (Å²) < 4.78 is 18.6. The van der Waals surface area contributed by atoms with E-state index in [9.17, 15) is 19.1 Å². The summed E-state index contributed by atoms with van der Waals surface area (Å²) in [6.45, 7) is 5.12. The molecule has 0 heterocycles. The van der Waals surface area contributed by atoms with Gasteiger partial charge < -0.3 is 9.84 Å². The van der Waals surface area contributed by atoms with Crippen LogP contribution in [0.3, 0.4) is 0 Å². The summed E-state index contributed by atoms with van der Waals surface area (Å²) >= 11 is 0. The Bertz CT molecular complexity index is 750. The van der Waals surface area contributed by atoms with Crippen molar-refractivity contribution in [3.63, 3.8) is 0 Å². The van der Waals surface area contributed by atoms with Crippen molar-refractivity contribution in [3.05, 3.63) is 59.9 Å². The molecule has 2 rings (SSSR count). The van der Waals surface area contributed by atoms with Gasteiger partial charge in [-0.05, 0) is 57.2 Å². The lowest BCUT2D eigenvalue weighted by atomic mass is 10.1. The largest absolute Gasteiger partial charge is 0.478 e. The minimum Gasteiger partial charge on any atom is -0.478 e. The third kappa shape index (κ3) is 4.10. The molecule has 0 fully saturated rings. The number of halogens is 1. The number of ether oxygens (including phenoxy) is 1. The van der Waals surface area contributed by atoms with E-state index in [2.05, 4.69) is 0 Å². The molecule has 0 spiro atoms. The molecule has 0 atom stereocenters. The van der Waals surface area contributed by atoms with Crippen LogP contribution in [-0.2, 0) is 4.74 Å². The summed E-state index contributed by atoms with van der Waals surface area (Å²) in [5.74, 6) is -1.64. The molecule has 5 nitrogen and oxygen atoms in total. The van der Waals surface area contributed by atoms with Crippen LogP contribution in [0.4, 0.5) is 20.6 Å². The topological polar surface area (TPSA) is 66.8 Å². The number of aromatic carboxylic acids is 1. The number of carbonyl (C=O) groups excluding carboxylic acids is 1. The number of amides is 1. The second-order valence-corrected chi connectivity index (χ2v) is 6.11. The number of rotatable bonds is 3. The van der Waals surface area contributed by atoms with Gasteiger partial charge in [-0.15, -0.1) is 0 Å². The molecule has 6 heteroatoms. The number of nitrogens with zero attached hydrogens (tertiary/aromatic N) is 1. The Balaban J connectivity index is 2.57. The maximum atomic E-state index is 13.2. The van der Waals surface area contributed by atoms with Crippen LogP contribution in [0.15, 0.2) is 48.5 Å². The van der Waals surface area contributed by atoms with Crippen LogP contribution in [0.5, 0.6) is 0 Å². The van der Waals surface area contributed by atoms with Crippen molar-refractivity contribution in [3.8, 4) is 0 Å². The van der Waals surface area contributed by atoms with Crippen molar-refractivity contribution in [2.75, 3.05) is 4.90 Å². The van der Waals surface area contributed by atoms with Crippen molar-refractivity contribution in [1.29, 1.82) is 0 Å². The molecule has 2 aromatic rings. The van der Waals surface area contributed by atoms with Crippen LogP contribution in [0.25, 0.3) is 0 Å². The van der Waals surface area contributed by atoms with E-state index in [1.165, 1.54) is 36.4 Å². The lowest BCUT2D eigenvalue weighted by Crippen LogP contribution is -2.34. The third-order valence-corrected chi connectivity index (χ3v) is 3.04. The number of carboxylic acid groups (broad SMARTS) is 1. The van der Waals surface area contributed by atoms with Gasteiger partial charge in [0.05, 0.1) is 16.9 Å². The van der Waals surface area contributed by atoms with E-state index in [-0.39, 0.29) is 11.3 Å². The molecule has 0 saturated carbocycles. The molecule has 0 aromatic heterocycles. The number of anilines is 2. The third-order valence-electron chi connectivity index (χ3n) is 3.04. The fraction of sp³-hybridized carbons (Fsp3) is 0.222. The standard InChI is InChI=1S/C18H18FNO4/c1-18(2,3)24-17(23)20(13-10-8-12(19)9-11-13)15-7-5-4-6-14(15)16(21)22/h4-11H,1-3H3,(H,21,22). The van der Waals surface area contributed by atoms with E-state index in [4.69, 9.17) is 4.74 Å². The summed E-state index contributed by atoms with van der Waals surface area (Å²) in [7, 11) is 0. The van der Waals surface area contributed by atoms with Gasteiger partial charge in [-0.25, -0.2) is 18.9 Å². The molecule has 1 amide bonds. The van der Waals surface area contributed by atoms with E-state index < -0.39 is 23.5 Å². The lowest BCUT2D eigenvalue weighted by molar-refractivity contribution is 0.0599. The zero-order valence-electron chi connectivity index (χ0n) is 13.6. The molecule has 126 valence electrons. The smallest absolute Gasteiger partial charge is 0.419 e. The number of hydrogen-bond acceptors (Lipinski definition) is 3. The Hall–Kier alpha value is -2.89. The van der Waals surface area contributed by atoms with Crippen LogP contribution >= 0.6 is 0 Å². The quantitative estimate of drug-likeness (QED) is 0.893. The highest BCUT2D eigenvalue weighted by atomic mass is 19.1. The van der Waals surface area contributed by atoms with Gasteiger partial charge in [0.15, 0.2) is 0 Å². The monoisotopic (exact) mass is 331 g/mol. The zero-order valence-corrected chi connectivity index (χ0v) is 13.6. The van der Waals surface area contributed by atoms with E-state index in [0.717, 1.165) is 4.90 Å². The number of carboxylic acids is 1. The first kappa shape index (κ1) is 17.5. The summed E-state index contributed by atoms with van der Waals surface area (Å²) in [5.41, 5.74) is -0.383. The lowest BCUT2D eigenvalue weighted by Gasteiger charge is -2.28. The molecule has 0 aliphatic rings. The second-order valence-electron chi connectivity index (χ2n) is 6.11. The van der Waals surface area contributed by atoms with E-state index in [1.54, 1.807) is 32.9 Å². The van der Waals surface area contributed by atoms with Gasteiger partial charge in [0.25, 0.3) is 0 Å². The maximum absolute atomic E-state index is 13.2. The molecule has 0 unspecified atom stereocenters. The minimum atomic E-state index is -1.18. The highest BCUT2D eigenvalue weighted by molar-refractivity contribution is 6.04. The molecular formula is C18H18FNO4. The highest BCUT2D eigenvalue weighted by Crippen LogP contribution is 2.30. The van der Waals surface area contributed by atoms with Gasteiger partial charge in [0, 0.05) is 0 Å². The molecule has 0 bridgehead atoms. The van der Waals surface area contributed by atoms with E-state index in [1.807, 2.05) is 0 Å². The molecular weight excluding hydrogens is 313 g/mol. The fourth-order valence-corrected chi connectivity index (χ4v) is 2.09.